The van der Waals surface area contributed by atoms with Gasteiger partial charge < -0.3 is 4.90 Å². The van der Waals surface area contributed by atoms with Crippen molar-refractivity contribution in [3.8, 4) is 0 Å². The minimum atomic E-state index is 1.01. The van der Waals surface area contributed by atoms with Gasteiger partial charge in [-0.05, 0) is 61.7 Å². The smallest absolute Gasteiger partial charge is 0.0499 e. The highest BCUT2D eigenvalue weighted by Crippen LogP contribution is 2.44. The van der Waals surface area contributed by atoms with Gasteiger partial charge in [-0.15, -0.1) is 0 Å². The minimum absolute atomic E-state index is 1.01. The highest BCUT2D eigenvalue weighted by atomic mass is 15.2. The molecule has 0 amide bonds. The number of fused-ring (bicyclic) bond motifs is 2. The second kappa shape index (κ2) is 5.27. The number of aryl methyl sites for hydroxylation is 3. The van der Waals surface area contributed by atoms with Crippen LogP contribution in [0.5, 0.6) is 0 Å². The monoisotopic (exact) mass is 299 g/mol. The highest BCUT2D eigenvalue weighted by molar-refractivity contribution is 5.83. The fourth-order valence-electron chi connectivity index (χ4n) is 3.41. The molecule has 3 aromatic carbocycles. The van der Waals surface area contributed by atoms with Gasteiger partial charge in [0.2, 0.25) is 0 Å². The molecule has 1 heteroatoms. The van der Waals surface area contributed by atoms with Gasteiger partial charge in [0.15, 0.2) is 0 Å². The van der Waals surface area contributed by atoms with Gasteiger partial charge in [0.1, 0.15) is 0 Å². The quantitative estimate of drug-likeness (QED) is 0.417. The Morgan fingerprint density at radius 3 is 2.04 bits per heavy atom. The van der Waals surface area contributed by atoms with Crippen molar-refractivity contribution < 1.29 is 0 Å². The van der Waals surface area contributed by atoms with Crippen molar-refractivity contribution in [3.05, 3.63) is 88.5 Å². The summed E-state index contributed by atoms with van der Waals surface area (Å²) in [4.78, 5) is 2.40. The summed E-state index contributed by atoms with van der Waals surface area (Å²) in [5.41, 5.74) is 10.6. The lowest BCUT2D eigenvalue weighted by Crippen LogP contribution is -2.18. The molecule has 0 aliphatic carbocycles. The number of rotatable bonds is 1. The molecule has 0 bridgehead atoms. The molecule has 114 valence electrons. The van der Waals surface area contributed by atoms with E-state index in [0.717, 1.165) is 6.42 Å². The van der Waals surface area contributed by atoms with Crippen LogP contribution < -0.4 is 4.90 Å². The standard InChI is InChI=1S/C22H21N/c1-15-5-9-20(10-6-15)23-21-11-7-16(2)12-19(21)14-18-8-4-17(3)13-22(18)23/h4-13H,14H2,1-3H3. The topological polar surface area (TPSA) is 3.24 Å². The molecule has 0 atom stereocenters. The van der Waals surface area contributed by atoms with E-state index in [-0.39, 0.29) is 0 Å². The third-order valence-electron chi connectivity index (χ3n) is 4.63. The molecule has 0 spiro atoms. The van der Waals surface area contributed by atoms with Crippen molar-refractivity contribution in [2.45, 2.75) is 27.2 Å². The first-order valence-electron chi connectivity index (χ1n) is 8.18. The van der Waals surface area contributed by atoms with E-state index >= 15 is 0 Å². The van der Waals surface area contributed by atoms with Crippen molar-refractivity contribution in [1.29, 1.82) is 0 Å². The van der Waals surface area contributed by atoms with E-state index in [4.69, 9.17) is 0 Å². The summed E-state index contributed by atoms with van der Waals surface area (Å²) in [6.07, 6.45) is 1.01. The van der Waals surface area contributed by atoms with Gasteiger partial charge in [-0.2, -0.15) is 0 Å². The van der Waals surface area contributed by atoms with Crippen molar-refractivity contribution in [2.24, 2.45) is 0 Å². The Kier molecular flexibility index (Phi) is 3.23. The van der Waals surface area contributed by atoms with E-state index < -0.39 is 0 Å². The molecule has 0 saturated carbocycles. The Morgan fingerprint density at radius 2 is 1.26 bits per heavy atom. The minimum Gasteiger partial charge on any atom is -0.310 e. The second-order valence-corrected chi connectivity index (χ2v) is 6.61. The maximum absolute atomic E-state index is 2.40. The van der Waals surface area contributed by atoms with E-state index in [1.165, 1.54) is 44.9 Å². The number of benzene rings is 3. The van der Waals surface area contributed by atoms with Crippen LogP contribution in [0.25, 0.3) is 0 Å². The normalized spacial score (nSPS) is 12.7. The summed E-state index contributed by atoms with van der Waals surface area (Å²) < 4.78 is 0. The van der Waals surface area contributed by atoms with Gasteiger partial charge in [-0.25, -0.2) is 0 Å². The molecule has 0 unspecified atom stereocenters. The number of nitrogens with zero attached hydrogens (tertiary/aromatic N) is 1. The van der Waals surface area contributed by atoms with E-state index in [1.807, 2.05) is 0 Å². The van der Waals surface area contributed by atoms with Crippen LogP contribution >= 0.6 is 0 Å². The lowest BCUT2D eigenvalue weighted by atomic mass is 9.93. The Hall–Kier alpha value is -2.54. The molecule has 4 rings (SSSR count). The van der Waals surface area contributed by atoms with Crippen molar-refractivity contribution >= 4 is 17.1 Å². The molecule has 0 radical (unpaired) electrons. The number of anilines is 3. The predicted octanol–water partition coefficient (Wildman–Crippen LogP) is 5.99. The maximum Gasteiger partial charge on any atom is 0.0499 e. The first-order valence-corrected chi connectivity index (χ1v) is 8.18. The summed E-state index contributed by atoms with van der Waals surface area (Å²) in [5.74, 6) is 0. The molecular formula is C22H21N. The van der Waals surface area contributed by atoms with Crippen LogP contribution in [0.2, 0.25) is 0 Å². The van der Waals surface area contributed by atoms with Gasteiger partial charge in [-0.3, -0.25) is 0 Å². The van der Waals surface area contributed by atoms with Crippen LogP contribution in [0.4, 0.5) is 17.1 Å². The SMILES string of the molecule is Cc1ccc(N2c3ccc(C)cc3Cc3ccc(C)cc32)cc1. The summed E-state index contributed by atoms with van der Waals surface area (Å²) >= 11 is 0. The van der Waals surface area contributed by atoms with Crippen LogP contribution in [0.1, 0.15) is 27.8 Å². The number of hydrogen-bond acceptors (Lipinski definition) is 1. The fraction of sp³-hybridized carbons (Fsp3) is 0.182. The Morgan fingerprint density at radius 1 is 0.609 bits per heavy atom. The van der Waals surface area contributed by atoms with Gasteiger partial charge in [-0.1, -0.05) is 47.5 Å². The van der Waals surface area contributed by atoms with Crippen LogP contribution in [-0.2, 0) is 6.42 Å². The lowest BCUT2D eigenvalue weighted by Gasteiger charge is -2.34. The molecule has 1 heterocycles. The molecule has 0 N–H and O–H groups in total. The molecule has 1 aliphatic heterocycles. The van der Waals surface area contributed by atoms with Crippen LogP contribution in [0.3, 0.4) is 0 Å². The molecule has 23 heavy (non-hydrogen) atoms. The average Bonchev–Trinajstić information content (AvgIpc) is 2.54. The van der Waals surface area contributed by atoms with E-state index in [0.29, 0.717) is 0 Å². The molecular weight excluding hydrogens is 278 g/mol. The largest absolute Gasteiger partial charge is 0.310 e. The molecule has 3 aromatic rings. The van der Waals surface area contributed by atoms with Gasteiger partial charge in [0.05, 0.1) is 0 Å². The average molecular weight is 299 g/mol. The van der Waals surface area contributed by atoms with Crippen molar-refractivity contribution in [3.63, 3.8) is 0 Å². The third-order valence-corrected chi connectivity index (χ3v) is 4.63. The lowest BCUT2D eigenvalue weighted by molar-refractivity contribution is 1.08. The van der Waals surface area contributed by atoms with E-state index in [2.05, 4.69) is 86.3 Å². The van der Waals surface area contributed by atoms with Gasteiger partial charge in [0, 0.05) is 23.5 Å². The summed E-state index contributed by atoms with van der Waals surface area (Å²) in [5, 5.41) is 0. The number of hydrogen-bond donors (Lipinski definition) is 0. The van der Waals surface area contributed by atoms with Crippen molar-refractivity contribution in [2.75, 3.05) is 4.90 Å². The molecule has 1 nitrogen and oxygen atoms in total. The van der Waals surface area contributed by atoms with E-state index in [9.17, 15) is 0 Å². The summed E-state index contributed by atoms with van der Waals surface area (Å²) in [6, 6.07) is 22.4. The fourth-order valence-corrected chi connectivity index (χ4v) is 3.41. The van der Waals surface area contributed by atoms with Crippen LogP contribution in [0.15, 0.2) is 60.7 Å². The molecule has 0 saturated heterocycles. The Labute approximate surface area is 138 Å². The van der Waals surface area contributed by atoms with Crippen LogP contribution in [-0.4, -0.2) is 0 Å². The zero-order valence-corrected chi connectivity index (χ0v) is 13.9. The van der Waals surface area contributed by atoms with Gasteiger partial charge >= 0.3 is 0 Å². The molecule has 0 fully saturated rings. The van der Waals surface area contributed by atoms with E-state index in [1.54, 1.807) is 0 Å². The maximum atomic E-state index is 2.40. The third kappa shape index (κ3) is 2.43. The predicted molar refractivity (Wildman–Crippen MR) is 98.1 cm³/mol. The zero-order valence-electron chi connectivity index (χ0n) is 13.9. The molecule has 0 aromatic heterocycles. The van der Waals surface area contributed by atoms with Crippen LogP contribution in [0, 0.1) is 20.8 Å². The Balaban J connectivity index is 1.96. The summed E-state index contributed by atoms with van der Waals surface area (Å²) in [7, 11) is 0. The first-order chi connectivity index (χ1) is 11.1. The highest BCUT2D eigenvalue weighted by Gasteiger charge is 2.23. The van der Waals surface area contributed by atoms with Gasteiger partial charge in [0.25, 0.3) is 0 Å². The second-order valence-electron chi connectivity index (χ2n) is 6.61. The molecule has 1 aliphatic rings. The first kappa shape index (κ1) is 14.1. The summed E-state index contributed by atoms with van der Waals surface area (Å²) in [6.45, 7) is 6.47. The zero-order chi connectivity index (χ0) is 16.0. The Bertz CT molecular complexity index is 875. The van der Waals surface area contributed by atoms with Crippen molar-refractivity contribution in [1.82, 2.24) is 0 Å².